The first-order chi connectivity index (χ1) is 15.4. The van der Waals surface area contributed by atoms with Crippen molar-refractivity contribution in [1.82, 2.24) is 15.0 Å². The Morgan fingerprint density at radius 1 is 1.06 bits per heavy atom. The summed E-state index contributed by atoms with van der Waals surface area (Å²) < 4.78 is 1.04. The standard InChI is InChI=1S/C26H29N5S/c1-26(2,3)12-9-20-17-32-23-22(20)30-24(19-10-13-28-14-11-19)31-25(23)29-16-21(27)15-18-7-5-4-6-8-18/h4-14,17,21H,15-16,27H2,1-3H3,(H,29,30,31)/b12-9+/t21-/m0/s1. The zero-order valence-electron chi connectivity index (χ0n) is 18.7. The molecule has 3 aromatic heterocycles. The van der Waals surface area contributed by atoms with Crippen molar-refractivity contribution in [3.63, 3.8) is 0 Å². The van der Waals surface area contributed by atoms with Gasteiger partial charge in [-0.1, -0.05) is 63.3 Å². The van der Waals surface area contributed by atoms with Gasteiger partial charge in [0, 0.05) is 41.5 Å². The first-order valence-corrected chi connectivity index (χ1v) is 11.7. The van der Waals surface area contributed by atoms with Gasteiger partial charge in [0.05, 0.1) is 10.2 Å². The highest BCUT2D eigenvalue weighted by atomic mass is 32.1. The number of nitrogens with zero attached hydrogens (tertiary/aromatic N) is 3. The molecule has 0 bridgehead atoms. The lowest BCUT2D eigenvalue weighted by Gasteiger charge is -2.15. The second kappa shape index (κ2) is 9.59. The van der Waals surface area contributed by atoms with Crippen LogP contribution in [0.5, 0.6) is 0 Å². The summed E-state index contributed by atoms with van der Waals surface area (Å²) in [6.07, 6.45) is 8.71. The zero-order valence-corrected chi connectivity index (χ0v) is 19.6. The number of hydrogen-bond acceptors (Lipinski definition) is 6. The van der Waals surface area contributed by atoms with Crippen LogP contribution < -0.4 is 11.1 Å². The first kappa shape index (κ1) is 22.1. The average molecular weight is 444 g/mol. The number of allylic oxidation sites excluding steroid dienone is 1. The van der Waals surface area contributed by atoms with Gasteiger partial charge in [-0.25, -0.2) is 9.97 Å². The second-order valence-electron chi connectivity index (χ2n) is 9.03. The molecule has 1 atom stereocenters. The van der Waals surface area contributed by atoms with Crippen molar-refractivity contribution < 1.29 is 0 Å². The normalized spacial score (nSPS) is 13.0. The van der Waals surface area contributed by atoms with Crippen LogP contribution in [-0.4, -0.2) is 27.5 Å². The Morgan fingerprint density at radius 3 is 2.53 bits per heavy atom. The van der Waals surface area contributed by atoms with Crippen LogP contribution in [0.25, 0.3) is 27.7 Å². The number of rotatable bonds is 7. The average Bonchev–Trinajstić information content (AvgIpc) is 3.20. The lowest BCUT2D eigenvalue weighted by atomic mass is 9.95. The summed E-state index contributed by atoms with van der Waals surface area (Å²) in [5.41, 5.74) is 10.8. The minimum absolute atomic E-state index is 0.0213. The highest BCUT2D eigenvalue weighted by Gasteiger charge is 2.15. The molecule has 0 saturated carbocycles. The van der Waals surface area contributed by atoms with E-state index < -0.39 is 0 Å². The Kier molecular flexibility index (Phi) is 6.63. The largest absolute Gasteiger partial charge is 0.367 e. The molecular weight excluding hydrogens is 414 g/mol. The molecule has 0 aliphatic rings. The van der Waals surface area contributed by atoms with E-state index in [1.54, 1.807) is 23.7 Å². The molecule has 164 valence electrons. The molecule has 4 aromatic rings. The quantitative estimate of drug-likeness (QED) is 0.378. The number of benzene rings is 1. The predicted molar refractivity (Wildman–Crippen MR) is 136 cm³/mol. The van der Waals surface area contributed by atoms with Crippen LogP contribution in [0.3, 0.4) is 0 Å². The van der Waals surface area contributed by atoms with Crippen LogP contribution in [0.4, 0.5) is 5.82 Å². The van der Waals surface area contributed by atoms with Crippen LogP contribution >= 0.6 is 11.3 Å². The lowest BCUT2D eigenvalue weighted by Crippen LogP contribution is -2.31. The van der Waals surface area contributed by atoms with E-state index in [1.165, 1.54) is 5.56 Å². The van der Waals surface area contributed by atoms with Crippen molar-refractivity contribution in [1.29, 1.82) is 0 Å². The van der Waals surface area contributed by atoms with Gasteiger partial charge in [-0.2, -0.15) is 0 Å². The predicted octanol–water partition coefficient (Wildman–Crippen LogP) is 5.79. The van der Waals surface area contributed by atoms with Crippen molar-refractivity contribution >= 4 is 33.4 Å². The molecule has 0 unspecified atom stereocenters. The molecule has 0 aliphatic heterocycles. The summed E-state index contributed by atoms with van der Waals surface area (Å²) >= 11 is 1.66. The highest BCUT2D eigenvalue weighted by Crippen LogP contribution is 2.33. The summed E-state index contributed by atoms with van der Waals surface area (Å²) in [5, 5.41) is 5.64. The minimum Gasteiger partial charge on any atom is -0.367 e. The Hall–Kier alpha value is -3.09. The van der Waals surface area contributed by atoms with E-state index in [0.717, 1.165) is 33.6 Å². The van der Waals surface area contributed by atoms with Gasteiger partial charge in [-0.3, -0.25) is 4.98 Å². The third-order valence-electron chi connectivity index (χ3n) is 5.02. The van der Waals surface area contributed by atoms with E-state index >= 15 is 0 Å². The molecule has 6 heteroatoms. The van der Waals surface area contributed by atoms with Crippen molar-refractivity contribution in [3.05, 3.63) is 77.4 Å². The molecule has 0 radical (unpaired) electrons. The Bertz CT molecular complexity index is 1190. The maximum Gasteiger partial charge on any atom is 0.162 e. The Labute approximate surface area is 193 Å². The van der Waals surface area contributed by atoms with Crippen molar-refractivity contribution in [2.24, 2.45) is 11.1 Å². The van der Waals surface area contributed by atoms with Crippen molar-refractivity contribution in [3.8, 4) is 11.4 Å². The van der Waals surface area contributed by atoms with Gasteiger partial charge in [-0.15, -0.1) is 11.3 Å². The number of pyridine rings is 1. The first-order valence-electron chi connectivity index (χ1n) is 10.8. The Balaban J connectivity index is 1.65. The molecule has 0 amide bonds. The van der Waals surface area contributed by atoms with E-state index in [9.17, 15) is 0 Å². The van der Waals surface area contributed by atoms with Gasteiger partial charge in [0.1, 0.15) is 5.82 Å². The highest BCUT2D eigenvalue weighted by molar-refractivity contribution is 7.18. The molecular formula is C26H29N5S. The number of fused-ring (bicyclic) bond motifs is 1. The molecule has 5 nitrogen and oxygen atoms in total. The molecule has 4 rings (SSSR count). The summed E-state index contributed by atoms with van der Waals surface area (Å²) in [7, 11) is 0. The smallest absolute Gasteiger partial charge is 0.162 e. The number of aromatic nitrogens is 3. The maximum absolute atomic E-state index is 6.43. The van der Waals surface area contributed by atoms with Crippen molar-refractivity contribution in [2.45, 2.75) is 33.2 Å². The summed E-state index contributed by atoms with van der Waals surface area (Å²) in [4.78, 5) is 13.9. The zero-order chi connectivity index (χ0) is 22.6. The summed E-state index contributed by atoms with van der Waals surface area (Å²) in [5.74, 6) is 1.51. The van der Waals surface area contributed by atoms with E-state index in [4.69, 9.17) is 15.7 Å². The molecule has 3 N–H and O–H groups in total. The molecule has 0 fully saturated rings. The minimum atomic E-state index is -0.0213. The summed E-state index contributed by atoms with van der Waals surface area (Å²) in [6, 6.07) is 14.2. The third kappa shape index (κ3) is 5.58. The van der Waals surface area contributed by atoms with Crippen molar-refractivity contribution in [2.75, 3.05) is 11.9 Å². The molecule has 1 aromatic carbocycles. The van der Waals surface area contributed by atoms with Gasteiger partial charge in [0.15, 0.2) is 5.82 Å². The molecule has 32 heavy (non-hydrogen) atoms. The number of thiophene rings is 1. The SMILES string of the molecule is CC(C)(C)/C=C/c1csc2c(NC[C@@H](N)Cc3ccccc3)nc(-c3ccncc3)nc12. The summed E-state index contributed by atoms with van der Waals surface area (Å²) in [6.45, 7) is 7.20. The van der Waals surface area contributed by atoms with E-state index in [1.807, 2.05) is 30.3 Å². The fraction of sp³-hybridized carbons (Fsp3) is 0.269. The van der Waals surface area contributed by atoms with Crippen LogP contribution in [-0.2, 0) is 6.42 Å². The van der Waals surface area contributed by atoms with Crippen LogP contribution in [0, 0.1) is 5.41 Å². The van der Waals surface area contributed by atoms with Crippen LogP contribution in [0.15, 0.2) is 66.3 Å². The fourth-order valence-electron chi connectivity index (χ4n) is 3.36. The third-order valence-corrected chi connectivity index (χ3v) is 6.01. The molecule has 0 spiro atoms. The number of hydrogen-bond donors (Lipinski definition) is 2. The molecule has 3 heterocycles. The topological polar surface area (TPSA) is 76.7 Å². The molecule has 0 aliphatic carbocycles. The van der Waals surface area contributed by atoms with Gasteiger partial charge in [-0.05, 0) is 29.5 Å². The monoisotopic (exact) mass is 443 g/mol. The number of anilines is 1. The number of nitrogens with two attached hydrogens (primary N) is 1. The lowest BCUT2D eigenvalue weighted by molar-refractivity contribution is 0.547. The van der Waals surface area contributed by atoms with Gasteiger partial charge >= 0.3 is 0 Å². The van der Waals surface area contributed by atoms with Gasteiger partial charge in [0.25, 0.3) is 0 Å². The van der Waals surface area contributed by atoms with Gasteiger partial charge < -0.3 is 11.1 Å². The second-order valence-corrected chi connectivity index (χ2v) is 9.91. The fourth-order valence-corrected chi connectivity index (χ4v) is 4.30. The van der Waals surface area contributed by atoms with E-state index in [-0.39, 0.29) is 11.5 Å². The number of nitrogens with one attached hydrogen (secondary N) is 1. The van der Waals surface area contributed by atoms with E-state index in [0.29, 0.717) is 12.4 Å². The van der Waals surface area contributed by atoms with Crippen LogP contribution in [0.2, 0.25) is 0 Å². The van der Waals surface area contributed by atoms with E-state index in [2.05, 4.69) is 60.7 Å². The van der Waals surface area contributed by atoms with Gasteiger partial charge in [0.2, 0.25) is 0 Å². The maximum atomic E-state index is 6.43. The Morgan fingerprint density at radius 2 is 1.81 bits per heavy atom. The molecule has 0 saturated heterocycles. The van der Waals surface area contributed by atoms with Crippen LogP contribution in [0.1, 0.15) is 31.9 Å².